The van der Waals surface area contributed by atoms with Crippen molar-refractivity contribution in [2.24, 2.45) is 0 Å². The smallest absolute Gasteiger partial charge is 0.258 e. The highest BCUT2D eigenvalue weighted by Crippen LogP contribution is 2.50. The first kappa shape index (κ1) is 13.9. The lowest BCUT2D eigenvalue weighted by molar-refractivity contribution is -0.384. The number of non-ortho nitro benzene ring substituents is 1. The van der Waals surface area contributed by atoms with Gasteiger partial charge < -0.3 is 0 Å². The Balaban J connectivity index is 1.83. The van der Waals surface area contributed by atoms with E-state index in [-0.39, 0.29) is 10.6 Å². The van der Waals surface area contributed by atoms with E-state index in [1.807, 2.05) is 12.1 Å². The SMILES string of the molecule is O=[N+]([O-])c1ccc(-c2ccc3cccc4c3c2-c2ccccc2-4)cc1. The number of hydrogen-bond acceptors (Lipinski definition) is 2. The lowest BCUT2D eigenvalue weighted by atomic mass is 9.93. The van der Waals surface area contributed by atoms with E-state index in [4.69, 9.17) is 0 Å². The Bertz CT molecular complexity index is 1160. The van der Waals surface area contributed by atoms with E-state index >= 15 is 0 Å². The Morgan fingerprint density at radius 3 is 2.12 bits per heavy atom. The van der Waals surface area contributed by atoms with Crippen LogP contribution in [-0.4, -0.2) is 4.92 Å². The molecule has 4 aromatic rings. The monoisotopic (exact) mass is 323 g/mol. The molecular formula is C22H13NO2. The van der Waals surface area contributed by atoms with Crippen LogP contribution < -0.4 is 0 Å². The molecule has 0 bridgehead atoms. The van der Waals surface area contributed by atoms with E-state index in [9.17, 15) is 10.1 Å². The van der Waals surface area contributed by atoms with Gasteiger partial charge in [0.05, 0.1) is 4.92 Å². The molecule has 0 aliphatic heterocycles. The van der Waals surface area contributed by atoms with Crippen LogP contribution in [0.5, 0.6) is 0 Å². The Labute approximate surface area is 144 Å². The molecule has 3 heteroatoms. The summed E-state index contributed by atoms with van der Waals surface area (Å²) in [5.74, 6) is 0. The minimum absolute atomic E-state index is 0.113. The van der Waals surface area contributed by atoms with Crippen LogP contribution in [0.3, 0.4) is 0 Å². The molecule has 0 amide bonds. The minimum atomic E-state index is -0.365. The summed E-state index contributed by atoms with van der Waals surface area (Å²) < 4.78 is 0. The van der Waals surface area contributed by atoms with E-state index in [2.05, 4.69) is 54.6 Å². The number of nitro groups is 1. The zero-order valence-corrected chi connectivity index (χ0v) is 13.3. The first-order chi connectivity index (χ1) is 12.2. The normalized spacial score (nSPS) is 11.5. The van der Waals surface area contributed by atoms with Crippen molar-refractivity contribution in [3.8, 4) is 33.4 Å². The molecule has 0 saturated carbocycles. The maximum atomic E-state index is 10.9. The first-order valence-electron chi connectivity index (χ1n) is 8.14. The van der Waals surface area contributed by atoms with Crippen LogP contribution in [0, 0.1) is 10.1 Å². The maximum Gasteiger partial charge on any atom is 0.269 e. The molecule has 0 unspecified atom stereocenters. The Kier molecular flexibility index (Phi) is 2.80. The number of nitrogens with zero attached hydrogens (tertiary/aromatic N) is 1. The third kappa shape index (κ3) is 1.93. The molecule has 0 saturated heterocycles. The van der Waals surface area contributed by atoms with E-state index in [1.165, 1.54) is 33.0 Å². The lowest BCUT2D eigenvalue weighted by Gasteiger charge is -2.10. The van der Waals surface area contributed by atoms with E-state index < -0.39 is 0 Å². The van der Waals surface area contributed by atoms with Crippen LogP contribution in [-0.2, 0) is 0 Å². The molecule has 5 rings (SSSR count). The number of hydrogen-bond donors (Lipinski definition) is 0. The average Bonchev–Trinajstić information content (AvgIpc) is 2.99. The summed E-state index contributed by atoms with van der Waals surface area (Å²) in [5, 5.41) is 13.4. The number of nitro benzene ring substituents is 1. The highest BCUT2D eigenvalue weighted by Gasteiger charge is 2.23. The van der Waals surface area contributed by atoms with Gasteiger partial charge in [-0.25, -0.2) is 0 Å². The zero-order valence-electron chi connectivity index (χ0n) is 13.3. The second-order valence-electron chi connectivity index (χ2n) is 6.24. The highest BCUT2D eigenvalue weighted by atomic mass is 16.6. The van der Waals surface area contributed by atoms with Gasteiger partial charge in [0.25, 0.3) is 5.69 Å². The summed E-state index contributed by atoms with van der Waals surface area (Å²) in [6.07, 6.45) is 0. The number of fused-ring (bicyclic) bond motifs is 3. The standard InChI is InChI=1S/C22H13NO2/c24-23(25)16-11-8-14(9-12-16)17-13-10-15-4-3-7-19-18-5-1-2-6-20(18)22(17)21(15)19/h1-13H. The fourth-order valence-corrected chi connectivity index (χ4v) is 3.82. The minimum Gasteiger partial charge on any atom is -0.258 e. The van der Waals surface area contributed by atoms with Crippen LogP contribution in [0.25, 0.3) is 44.2 Å². The summed E-state index contributed by atoms with van der Waals surface area (Å²) in [4.78, 5) is 10.6. The molecule has 0 heterocycles. The van der Waals surface area contributed by atoms with Crippen molar-refractivity contribution in [2.45, 2.75) is 0 Å². The molecule has 25 heavy (non-hydrogen) atoms. The Morgan fingerprint density at radius 2 is 1.36 bits per heavy atom. The average molecular weight is 323 g/mol. The van der Waals surface area contributed by atoms with Crippen LogP contribution >= 0.6 is 0 Å². The highest BCUT2D eigenvalue weighted by molar-refractivity contribution is 6.19. The molecule has 0 atom stereocenters. The second-order valence-corrected chi connectivity index (χ2v) is 6.24. The molecule has 3 nitrogen and oxygen atoms in total. The molecular weight excluding hydrogens is 310 g/mol. The third-order valence-electron chi connectivity index (χ3n) is 4.92. The summed E-state index contributed by atoms with van der Waals surface area (Å²) >= 11 is 0. The van der Waals surface area contributed by atoms with Crippen molar-refractivity contribution in [3.05, 3.63) is 89.0 Å². The summed E-state index contributed by atoms with van der Waals surface area (Å²) in [6, 6.07) is 25.9. The topological polar surface area (TPSA) is 43.1 Å². The van der Waals surface area contributed by atoms with Gasteiger partial charge in [-0.05, 0) is 56.3 Å². The first-order valence-corrected chi connectivity index (χ1v) is 8.14. The molecule has 0 N–H and O–H groups in total. The molecule has 0 aromatic heterocycles. The molecule has 4 aromatic carbocycles. The lowest BCUT2D eigenvalue weighted by Crippen LogP contribution is -1.88. The summed E-state index contributed by atoms with van der Waals surface area (Å²) in [6.45, 7) is 0. The Hall–Kier alpha value is -3.46. The fraction of sp³-hybridized carbons (Fsp3) is 0. The fourth-order valence-electron chi connectivity index (χ4n) is 3.82. The van der Waals surface area contributed by atoms with Crippen molar-refractivity contribution in [2.75, 3.05) is 0 Å². The van der Waals surface area contributed by atoms with E-state index in [0.29, 0.717) is 0 Å². The number of rotatable bonds is 2. The molecule has 1 aliphatic carbocycles. The zero-order chi connectivity index (χ0) is 17.0. The van der Waals surface area contributed by atoms with Gasteiger partial charge in [0.15, 0.2) is 0 Å². The maximum absolute atomic E-state index is 10.9. The molecule has 0 fully saturated rings. The van der Waals surface area contributed by atoms with Crippen molar-refractivity contribution in [1.82, 2.24) is 0 Å². The van der Waals surface area contributed by atoms with Crippen molar-refractivity contribution in [3.63, 3.8) is 0 Å². The second kappa shape index (κ2) is 5.02. The quantitative estimate of drug-likeness (QED) is 0.292. The molecule has 1 aliphatic rings. The largest absolute Gasteiger partial charge is 0.269 e. The third-order valence-corrected chi connectivity index (χ3v) is 4.92. The number of benzene rings is 4. The summed E-state index contributed by atoms with van der Waals surface area (Å²) in [7, 11) is 0. The van der Waals surface area contributed by atoms with Crippen molar-refractivity contribution < 1.29 is 4.92 Å². The van der Waals surface area contributed by atoms with Gasteiger partial charge in [-0.3, -0.25) is 10.1 Å². The predicted octanol–water partition coefficient (Wildman–Crippen LogP) is 6.06. The summed E-state index contributed by atoms with van der Waals surface area (Å²) in [5.41, 5.74) is 7.17. The van der Waals surface area contributed by atoms with Crippen LogP contribution in [0.1, 0.15) is 0 Å². The van der Waals surface area contributed by atoms with Crippen molar-refractivity contribution in [1.29, 1.82) is 0 Å². The van der Waals surface area contributed by atoms with Crippen LogP contribution in [0.2, 0.25) is 0 Å². The van der Waals surface area contributed by atoms with E-state index in [0.717, 1.165) is 11.1 Å². The van der Waals surface area contributed by atoms with E-state index in [1.54, 1.807) is 12.1 Å². The predicted molar refractivity (Wildman–Crippen MR) is 100 cm³/mol. The van der Waals surface area contributed by atoms with Gasteiger partial charge in [-0.15, -0.1) is 0 Å². The molecule has 0 spiro atoms. The van der Waals surface area contributed by atoms with Crippen LogP contribution in [0.4, 0.5) is 5.69 Å². The van der Waals surface area contributed by atoms with Crippen LogP contribution in [0.15, 0.2) is 78.9 Å². The van der Waals surface area contributed by atoms with Crippen molar-refractivity contribution >= 4 is 16.5 Å². The Morgan fingerprint density at radius 1 is 0.640 bits per heavy atom. The van der Waals surface area contributed by atoms with Gasteiger partial charge in [0, 0.05) is 12.1 Å². The van der Waals surface area contributed by atoms with Gasteiger partial charge >= 0.3 is 0 Å². The van der Waals surface area contributed by atoms with Gasteiger partial charge in [-0.1, -0.05) is 54.6 Å². The molecule has 0 radical (unpaired) electrons. The molecule has 118 valence electrons. The van der Waals surface area contributed by atoms with Gasteiger partial charge in [0.2, 0.25) is 0 Å². The van der Waals surface area contributed by atoms with Gasteiger partial charge in [0.1, 0.15) is 0 Å². The van der Waals surface area contributed by atoms with Gasteiger partial charge in [-0.2, -0.15) is 0 Å².